The molecule has 0 aromatic carbocycles. The van der Waals surface area contributed by atoms with Crippen LogP contribution in [-0.4, -0.2) is 149 Å². The second kappa shape index (κ2) is 13.3. The first kappa shape index (κ1) is 32.2. The van der Waals surface area contributed by atoms with Crippen molar-refractivity contribution in [3.63, 3.8) is 0 Å². The third-order valence-corrected chi connectivity index (χ3v) is 8.20. The minimum Gasteiger partial charge on any atom is -0.391 e. The van der Waals surface area contributed by atoms with E-state index in [-0.39, 0.29) is 25.9 Å². The average Bonchev–Trinajstić information content (AvgIpc) is 3.18. The lowest BCUT2D eigenvalue weighted by Gasteiger charge is -2.47. The summed E-state index contributed by atoms with van der Waals surface area (Å²) in [6.45, 7) is 1.67. The summed E-state index contributed by atoms with van der Waals surface area (Å²) < 4.78 is 35.2. The van der Waals surface area contributed by atoms with Gasteiger partial charge in [0.1, 0.15) is 42.7 Å². The minimum absolute atomic E-state index is 0.117. The zero-order chi connectivity index (χ0) is 29.5. The maximum absolute atomic E-state index is 11.1. The third kappa shape index (κ3) is 6.46. The Hall–Kier alpha value is -0.680. The van der Waals surface area contributed by atoms with Gasteiger partial charge in [0.25, 0.3) is 0 Å². The molecule has 4 aliphatic rings. The predicted octanol–water partition coefficient (Wildman–Crippen LogP) is -6.84. The lowest BCUT2D eigenvalue weighted by atomic mass is 9.84. The van der Waals surface area contributed by atoms with Crippen LogP contribution in [0.1, 0.15) is 19.8 Å². The SMILES string of the molecule is CC1OC(OC2C(O[C@H]3O[C@H](CN)[C@@H](O)[C@H](O)C3N)[C@@H](N)C[C@@H](N)[C@@H]2O)C(O)C1OC1OC(CN)CC(O)C1N. The van der Waals surface area contributed by atoms with Gasteiger partial charge < -0.3 is 88.4 Å². The number of aliphatic hydroxyl groups excluding tert-OH is 5. The molecule has 3 heterocycles. The molecule has 0 radical (unpaired) electrons. The van der Waals surface area contributed by atoms with Crippen LogP contribution >= 0.6 is 0 Å². The molecule has 0 amide bonds. The summed E-state index contributed by atoms with van der Waals surface area (Å²) in [5.41, 5.74) is 35.9. The first-order valence-corrected chi connectivity index (χ1v) is 13.6. The Morgan fingerprint density at radius 2 is 1.25 bits per heavy atom. The Kier molecular flexibility index (Phi) is 10.7. The van der Waals surface area contributed by atoms with Crippen molar-refractivity contribution in [2.75, 3.05) is 13.1 Å². The molecule has 1 aliphatic carbocycles. The largest absolute Gasteiger partial charge is 0.391 e. The Bertz CT molecular complexity index is 821. The van der Waals surface area contributed by atoms with Crippen LogP contribution in [0.3, 0.4) is 0 Å². The highest BCUT2D eigenvalue weighted by Crippen LogP contribution is 2.34. The average molecular weight is 583 g/mol. The molecule has 0 aromatic heterocycles. The van der Waals surface area contributed by atoms with Gasteiger partial charge in [0, 0.05) is 31.6 Å². The van der Waals surface area contributed by atoms with Crippen molar-refractivity contribution < 1.29 is 54.0 Å². The maximum atomic E-state index is 11.1. The summed E-state index contributed by atoms with van der Waals surface area (Å²) in [7, 11) is 0. The number of hydrogen-bond acceptors (Lipinski definition) is 17. The molecule has 17 heteroatoms. The summed E-state index contributed by atoms with van der Waals surface area (Å²) >= 11 is 0. The van der Waals surface area contributed by atoms with Gasteiger partial charge in [-0.25, -0.2) is 0 Å². The minimum atomic E-state index is -1.40. The number of nitrogens with two attached hydrogens (primary N) is 6. The number of hydrogen-bond donors (Lipinski definition) is 11. The lowest BCUT2D eigenvalue weighted by molar-refractivity contribution is -0.306. The zero-order valence-electron chi connectivity index (χ0n) is 22.4. The van der Waals surface area contributed by atoms with Crippen molar-refractivity contribution in [1.82, 2.24) is 0 Å². The molecule has 4 rings (SSSR count). The molecule has 11 unspecified atom stereocenters. The number of rotatable bonds is 8. The molecule has 40 heavy (non-hydrogen) atoms. The topological polar surface area (TPSA) is 313 Å². The van der Waals surface area contributed by atoms with Gasteiger partial charge in [-0.1, -0.05) is 0 Å². The molecule has 18 atom stereocenters. The molecule has 17 N–H and O–H groups in total. The number of ether oxygens (including phenoxy) is 6. The molecule has 3 aliphatic heterocycles. The molecule has 1 saturated carbocycles. The fourth-order valence-electron chi connectivity index (χ4n) is 5.66. The van der Waals surface area contributed by atoms with Gasteiger partial charge in [0.15, 0.2) is 18.9 Å². The van der Waals surface area contributed by atoms with Crippen molar-refractivity contribution in [1.29, 1.82) is 0 Å². The van der Waals surface area contributed by atoms with Crippen LogP contribution in [0.25, 0.3) is 0 Å². The Labute approximate surface area is 231 Å². The quantitative estimate of drug-likeness (QED) is 0.127. The van der Waals surface area contributed by atoms with Crippen LogP contribution in [0, 0.1) is 0 Å². The standard InChI is InChI=1S/C23H46N6O11/c1-6-18(38-21-12(28)10(30)2-7(4-24)36-21)17(34)23(35-6)40-20-14(31)8(26)3-9(27)19(20)39-22-13(29)16(33)15(32)11(5-25)37-22/h6-23,30-34H,2-5,24-29H2,1H3/t6?,7?,8-,9+,10?,11-,12?,13?,14+,15-,16-,17?,18?,19?,20?,21?,22-,23?/m1/s1. The maximum Gasteiger partial charge on any atom is 0.187 e. The molecule has 4 fully saturated rings. The van der Waals surface area contributed by atoms with E-state index in [0.29, 0.717) is 0 Å². The second-order valence-electron chi connectivity index (χ2n) is 11.1. The van der Waals surface area contributed by atoms with E-state index in [0.717, 1.165) is 0 Å². The van der Waals surface area contributed by atoms with Gasteiger partial charge in [-0.15, -0.1) is 0 Å². The molecular formula is C23H46N6O11. The van der Waals surface area contributed by atoms with Gasteiger partial charge in [-0.05, 0) is 13.3 Å². The van der Waals surface area contributed by atoms with Crippen LogP contribution in [-0.2, 0) is 28.4 Å². The summed E-state index contributed by atoms with van der Waals surface area (Å²) in [6.07, 6.45) is -15.0. The second-order valence-corrected chi connectivity index (χ2v) is 11.1. The molecule has 0 aromatic rings. The highest BCUT2D eigenvalue weighted by Gasteiger charge is 2.53. The van der Waals surface area contributed by atoms with E-state index in [1.165, 1.54) is 0 Å². The highest BCUT2D eigenvalue weighted by atomic mass is 16.8. The van der Waals surface area contributed by atoms with Gasteiger partial charge in [-0.2, -0.15) is 0 Å². The zero-order valence-corrected chi connectivity index (χ0v) is 22.4. The van der Waals surface area contributed by atoms with Crippen LogP contribution in [0.2, 0.25) is 0 Å². The summed E-state index contributed by atoms with van der Waals surface area (Å²) in [5, 5.41) is 52.9. The van der Waals surface area contributed by atoms with E-state index in [4.69, 9.17) is 62.8 Å². The van der Waals surface area contributed by atoms with Gasteiger partial charge in [0.2, 0.25) is 0 Å². The van der Waals surface area contributed by atoms with E-state index >= 15 is 0 Å². The first-order valence-electron chi connectivity index (χ1n) is 13.6. The first-order chi connectivity index (χ1) is 18.9. The van der Waals surface area contributed by atoms with Crippen molar-refractivity contribution in [3.05, 3.63) is 0 Å². The van der Waals surface area contributed by atoms with E-state index < -0.39 is 110 Å². The molecule has 3 saturated heterocycles. The van der Waals surface area contributed by atoms with Crippen molar-refractivity contribution >= 4 is 0 Å². The highest BCUT2D eigenvalue weighted by molar-refractivity contribution is 5.01. The van der Waals surface area contributed by atoms with E-state index in [9.17, 15) is 25.5 Å². The molecule has 0 spiro atoms. The van der Waals surface area contributed by atoms with E-state index in [2.05, 4.69) is 0 Å². The number of aliphatic hydroxyl groups is 5. The van der Waals surface area contributed by atoms with E-state index in [1.807, 2.05) is 0 Å². The molecule has 17 nitrogen and oxygen atoms in total. The van der Waals surface area contributed by atoms with Crippen molar-refractivity contribution in [2.24, 2.45) is 34.4 Å². The monoisotopic (exact) mass is 582 g/mol. The van der Waals surface area contributed by atoms with Crippen LogP contribution in [0.15, 0.2) is 0 Å². The third-order valence-electron chi connectivity index (χ3n) is 8.20. The fraction of sp³-hybridized carbons (Fsp3) is 1.00. The Morgan fingerprint density at radius 3 is 1.90 bits per heavy atom. The lowest BCUT2D eigenvalue weighted by Crippen LogP contribution is -2.68. The van der Waals surface area contributed by atoms with Crippen LogP contribution < -0.4 is 34.4 Å². The fourth-order valence-corrected chi connectivity index (χ4v) is 5.66. The molecule has 0 bridgehead atoms. The van der Waals surface area contributed by atoms with Crippen LogP contribution in [0.5, 0.6) is 0 Å². The van der Waals surface area contributed by atoms with Gasteiger partial charge in [-0.3, -0.25) is 0 Å². The van der Waals surface area contributed by atoms with E-state index in [1.54, 1.807) is 6.92 Å². The van der Waals surface area contributed by atoms with Crippen molar-refractivity contribution in [2.45, 2.75) is 130 Å². The summed E-state index contributed by atoms with van der Waals surface area (Å²) in [4.78, 5) is 0. The Balaban J connectivity index is 1.47. The molecule has 234 valence electrons. The smallest absolute Gasteiger partial charge is 0.187 e. The van der Waals surface area contributed by atoms with Crippen molar-refractivity contribution in [3.8, 4) is 0 Å². The van der Waals surface area contributed by atoms with Gasteiger partial charge in [0.05, 0.1) is 36.5 Å². The normalized spacial score (nSPS) is 54.0. The summed E-state index contributed by atoms with van der Waals surface area (Å²) in [6, 6.07) is -3.62. The van der Waals surface area contributed by atoms with Gasteiger partial charge >= 0.3 is 0 Å². The predicted molar refractivity (Wildman–Crippen MR) is 136 cm³/mol. The Morgan fingerprint density at radius 1 is 0.625 bits per heavy atom. The molecular weight excluding hydrogens is 536 g/mol. The summed E-state index contributed by atoms with van der Waals surface area (Å²) in [5.74, 6) is 0. The van der Waals surface area contributed by atoms with Crippen LogP contribution in [0.4, 0.5) is 0 Å².